The zero-order valence-electron chi connectivity index (χ0n) is 28.5. The zero-order chi connectivity index (χ0) is 33.6. The van der Waals surface area contributed by atoms with Crippen molar-refractivity contribution in [1.29, 1.82) is 0 Å². The van der Waals surface area contributed by atoms with E-state index in [2.05, 4.69) is 17.2 Å². The van der Waals surface area contributed by atoms with E-state index in [1.165, 1.54) is 12.8 Å². The number of methoxy groups -OCH3 is 2. The molecule has 4 heterocycles. The number of ether oxygens (including phenoxy) is 4. The van der Waals surface area contributed by atoms with Gasteiger partial charge in [0.25, 0.3) is 11.8 Å². The third-order valence-corrected chi connectivity index (χ3v) is 9.95. The van der Waals surface area contributed by atoms with Crippen molar-refractivity contribution >= 4 is 29.4 Å². The van der Waals surface area contributed by atoms with E-state index in [9.17, 15) is 14.0 Å². The highest BCUT2D eigenvalue weighted by Gasteiger charge is 2.39. The Balaban J connectivity index is 0.863. The lowest BCUT2D eigenvalue weighted by molar-refractivity contribution is 0.0740. The number of aliphatic imine (C=N–C) groups is 1. The fourth-order valence-corrected chi connectivity index (χ4v) is 7.35. The van der Waals surface area contributed by atoms with E-state index in [0.717, 1.165) is 51.5 Å². The third-order valence-electron chi connectivity index (χ3n) is 9.95. The van der Waals surface area contributed by atoms with Crippen LogP contribution in [0.15, 0.2) is 29.3 Å². The van der Waals surface area contributed by atoms with Gasteiger partial charge in [-0.25, -0.2) is 4.39 Å². The molecule has 0 spiro atoms. The van der Waals surface area contributed by atoms with Gasteiger partial charge < -0.3 is 34.1 Å². The predicted octanol–water partition coefficient (Wildman–Crippen LogP) is 6.83. The van der Waals surface area contributed by atoms with Crippen molar-refractivity contribution in [3.8, 4) is 23.0 Å². The summed E-state index contributed by atoms with van der Waals surface area (Å²) in [5.41, 5.74) is 2.43. The number of benzene rings is 2. The Morgan fingerprint density at radius 3 is 2.04 bits per heavy atom. The van der Waals surface area contributed by atoms with Crippen molar-refractivity contribution in [2.75, 3.05) is 52.4 Å². The molecule has 0 bridgehead atoms. The minimum absolute atomic E-state index is 0.0101. The van der Waals surface area contributed by atoms with Crippen molar-refractivity contribution in [2.24, 2.45) is 10.9 Å². The highest BCUT2D eigenvalue weighted by atomic mass is 19.1. The molecule has 0 saturated carbocycles. The molecule has 6 rings (SSSR count). The summed E-state index contributed by atoms with van der Waals surface area (Å²) in [5.74, 6) is 2.65. The average Bonchev–Trinajstić information content (AvgIpc) is 3.60. The largest absolute Gasteiger partial charge is 0.493 e. The number of hydrogen-bond donors (Lipinski definition) is 1. The number of rotatable bonds is 15. The lowest BCUT2D eigenvalue weighted by Gasteiger charge is -2.21. The highest BCUT2D eigenvalue weighted by Crippen LogP contribution is 2.40. The topological polar surface area (TPSA) is 102 Å². The second-order valence-electron chi connectivity index (χ2n) is 13.6. The van der Waals surface area contributed by atoms with Gasteiger partial charge in [0.1, 0.15) is 6.17 Å². The van der Waals surface area contributed by atoms with Crippen LogP contribution in [-0.2, 0) is 0 Å². The number of alkyl halides is 1. The van der Waals surface area contributed by atoms with Gasteiger partial charge in [0.05, 0.1) is 68.6 Å². The van der Waals surface area contributed by atoms with E-state index in [1.54, 1.807) is 31.3 Å². The quantitative estimate of drug-likeness (QED) is 0.208. The van der Waals surface area contributed by atoms with Crippen molar-refractivity contribution in [3.05, 3.63) is 35.4 Å². The summed E-state index contributed by atoms with van der Waals surface area (Å²) >= 11 is 0. The summed E-state index contributed by atoms with van der Waals surface area (Å²) in [4.78, 5) is 34.5. The van der Waals surface area contributed by atoms with Gasteiger partial charge in [-0.05, 0) is 37.3 Å². The van der Waals surface area contributed by atoms with Gasteiger partial charge in [-0.2, -0.15) is 0 Å². The SMILES string of the molecule is COc1cc2c(cc1OCCCCCCCCCCOc1cc3c(cc1OC)C(=O)N1C[C@@H](F)C[C@H]1CN3)N=C[C@@H]1C[C@H](C)CN1C2=O. The molecule has 48 heavy (non-hydrogen) atoms. The highest BCUT2D eigenvalue weighted by molar-refractivity contribution is 6.03. The molecule has 4 aliphatic rings. The van der Waals surface area contributed by atoms with Gasteiger partial charge in [0.15, 0.2) is 23.0 Å². The van der Waals surface area contributed by atoms with Crippen molar-refractivity contribution in [1.82, 2.24) is 9.80 Å². The standard InChI is InChI=1S/C37H49FN4O6/c1-24-14-26-20-39-30-18-34(32(45-2)16-28(30)36(43)41(26)22-24)47-12-10-8-6-4-5-7-9-11-13-48-35-19-31-29(17-33(35)46-3)37(44)42-23-25(38)15-27(42)21-40-31/h16-20,24-27,40H,4-15,21-23H2,1-3H3/t24-,25-,26-,27-/m0/s1. The Morgan fingerprint density at radius 1 is 0.771 bits per heavy atom. The van der Waals surface area contributed by atoms with E-state index < -0.39 is 6.17 Å². The second-order valence-corrected chi connectivity index (χ2v) is 13.6. The second kappa shape index (κ2) is 15.5. The molecule has 2 amide bonds. The molecule has 2 saturated heterocycles. The molecule has 2 aromatic carbocycles. The third kappa shape index (κ3) is 7.50. The van der Waals surface area contributed by atoms with Crippen LogP contribution in [0.2, 0.25) is 0 Å². The van der Waals surface area contributed by atoms with Crippen LogP contribution in [0.4, 0.5) is 15.8 Å². The Hall–Kier alpha value is -4.02. The summed E-state index contributed by atoms with van der Waals surface area (Å²) in [7, 11) is 3.17. The molecular formula is C37H49FN4O6. The molecule has 260 valence electrons. The van der Waals surface area contributed by atoms with Gasteiger partial charge in [-0.15, -0.1) is 0 Å². The monoisotopic (exact) mass is 664 g/mol. The first-order valence-electron chi connectivity index (χ1n) is 17.6. The lowest BCUT2D eigenvalue weighted by Crippen LogP contribution is -2.37. The molecule has 0 radical (unpaired) electrons. The number of carbonyl (C=O) groups excluding carboxylic acids is 2. The Labute approximate surface area is 282 Å². The molecule has 0 aliphatic carbocycles. The van der Waals surface area contributed by atoms with Crippen LogP contribution in [0, 0.1) is 5.92 Å². The maximum absolute atomic E-state index is 13.9. The minimum atomic E-state index is -0.971. The Morgan fingerprint density at radius 2 is 1.38 bits per heavy atom. The maximum Gasteiger partial charge on any atom is 0.256 e. The number of carbonyl (C=O) groups is 2. The van der Waals surface area contributed by atoms with Crippen LogP contribution in [0.25, 0.3) is 0 Å². The van der Waals surface area contributed by atoms with E-state index in [4.69, 9.17) is 18.9 Å². The first-order chi connectivity index (χ1) is 23.4. The van der Waals surface area contributed by atoms with Crippen LogP contribution >= 0.6 is 0 Å². The summed E-state index contributed by atoms with van der Waals surface area (Å²) < 4.78 is 37.2. The molecule has 2 fully saturated rings. The molecule has 0 aromatic heterocycles. The normalized spacial score (nSPS) is 22.7. The summed E-state index contributed by atoms with van der Waals surface area (Å²) in [6, 6.07) is 7.08. The lowest BCUT2D eigenvalue weighted by atomic mass is 10.1. The maximum atomic E-state index is 13.9. The smallest absolute Gasteiger partial charge is 0.256 e. The van der Waals surface area contributed by atoms with Gasteiger partial charge in [0.2, 0.25) is 0 Å². The van der Waals surface area contributed by atoms with Gasteiger partial charge in [-0.3, -0.25) is 14.6 Å². The number of nitrogens with one attached hydrogen (secondary N) is 1. The van der Waals surface area contributed by atoms with Gasteiger partial charge in [-0.1, -0.05) is 45.4 Å². The number of anilines is 1. The molecule has 10 nitrogen and oxygen atoms in total. The van der Waals surface area contributed by atoms with E-state index in [1.807, 2.05) is 23.2 Å². The number of halogens is 1. The van der Waals surface area contributed by atoms with Crippen molar-refractivity contribution in [2.45, 2.75) is 89.4 Å². The molecule has 1 N–H and O–H groups in total. The number of nitrogens with zero attached hydrogens (tertiary/aromatic N) is 3. The zero-order valence-corrected chi connectivity index (χ0v) is 28.5. The van der Waals surface area contributed by atoms with Gasteiger partial charge >= 0.3 is 0 Å². The fourth-order valence-electron chi connectivity index (χ4n) is 7.35. The molecule has 0 unspecified atom stereocenters. The van der Waals surface area contributed by atoms with Crippen LogP contribution in [0.3, 0.4) is 0 Å². The summed E-state index contributed by atoms with van der Waals surface area (Å²) in [5, 5.41) is 3.32. The number of amides is 2. The fraction of sp³-hybridized carbons (Fsp3) is 0.595. The minimum Gasteiger partial charge on any atom is -0.493 e. The molecule has 4 aliphatic heterocycles. The van der Waals surface area contributed by atoms with Crippen LogP contribution in [0.1, 0.15) is 91.8 Å². The molecule has 2 aromatic rings. The number of unbranched alkanes of at least 4 members (excludes halogenated alkanes) is 7. The number of hydrogen-bond acceptors (Lipinski definition) is 8. The van der Waals surface area contributed by atoms with Crippen LogP contribution in [0.5, 0.6) is 23.0 Å². The Kier molecular flexibility index (Phi) is 10.9. The van der Waals surface area contributed by atoms with Crippen molar-refractivity contribution < 1.29 is 32.9 Å². The first-order valence-corrected chi connectivity index (χ1v) is 17.6. The molecule has 11 heteroatoms. The van der Waals surface area contributed by atoms with E-state index in [-0.39, 0.29) is 30.4 Å². The average molecular weight is 665 g/mol. The first kappa shape index (κ1) is 33.9. The van der Waals surface area contributed by atoms with E-state index in [0.29, 0.717) is 77.6 Å². The van der Waals surface area contributed by atoms with Crippen molar-refractivity contribution in [3.63, 3.8) is 0 Å². The van der Waals surface area contributed by atoms with E-state index >= 15 is 0 Å². The van der Waals surface area contributed by atoms with Crippen LogP contribution < -0.4 is 24.3 Å². The summed E-state index contributed by atoms with van der Waals surface area (Å²) in [6.45, 7) is 4.75. The van der Waals surface area contributed by atoms with Crippen LogP contribution in [-0.4, -0.2) is 93.2 Å². The number of fused-ring (bicyclic) bond motifs is 4. The Bertz CT molecular complexity index is 1500. The summed E-state index contributed by atoms with van der Waals surface area (Å²) in [6.07, 6.45) is 10.9. The predicted molar refractivity (Wildman–Crippen MR) is 183 cm³/mol. The molecule has 4 atom stereocenters. The molecular weight excluding hydrogens is 615 g/mol. The van der Waals surface area contributed by atoms with Gasteiger partial charge in [0, 0.05) is 37.9 Å².